The summed E-state index contributed by atoms with van der Waals surface area (Å²) in [6.07, 6.45) is 0. The van der Waals surface area contributed by atoms with Crippen LogP contribution < -0.4 is 15.0 Å². The number of fused-ring (bicyclic) bond motifs is 1. The zero-order chi connectivity index (χ0) is 22.7. The third-order valence-corrected chi connectivity index (χ3v) is 5.54. The molecule has 2 amide bonds. The van der Waals surface area contributed by atoms with Crippen LogP contribution in [0.2, 0.25) is 0 Å². The molecule has 1 aromatic heterocycles. The smallest absolute Gasteiger partial charge is 0.246 e. The lowest BCUT2D eigenvalue weighted by molar-refractivity contribution is -0.123. The van der Waals surface area contributed by atoms with Crippen LogP contribution in [0.3, 0.4) is 0 Å². The van der Waals surface area contributed by atoms with Gasteiger partial charge in [0.2, 0.25) is 11.8 Å². The van der Waals surface area contributed by atoms with Gasteiger partial charge in [-0.15, -0.1) is 0 Å². The average Bonchev–Trinajstić information content (AvgIpc) is 2.71. The van der Waals surface area contributed by atoms with Crippen LogP contribution in [0.1, 0.15) is 34.9 Å². The zero-order valence-electron chi connectivity index (χ0n) is 19.0. The van der Waals surface area contributed by atoms with Crippen LogP contribution in [0, 0.1) is 27.7 Å². The first-order chi connectivity index (χ1) is 14.7. The van der Waals surface area contributed by atoms with E-state index in [1.807, 2.05) is 45.0 Å². The summed E-state index contributed by atoms with van der Waals surface area (Å²) in [5, 5.41) is 3.63. The van der Waals surface area contributed by atoms with E-state index in [9.17, 15) is 9.59 Å². The fraction of sp³-hybridized carbons (Fsp3) is 0.320. The number of hydrogen-bond acceptors (Lipinski definition) is 4. The first-order valence-corrected chi connectivity index (χ1v) is 10.3. The Labute approximate surface area is 183 Å². The predicted octanol–water partition coefficient (Wildman–Crippen LogP) is 4.15. The number of para-hydroxylation sites is 1. The Morgan fingerprint density at radius 1 is 1.06 bits per heavy atom. The summed E-state index contributed by atoms with van der Waals surface area (Å²) in [5.41, 5.74) is 6.86. The molecule has 2 aromatic carbocycles. The van der Waals surface area contributed by atoms with Gasteiger partial charge >= 0.3 is 0 Å². The van der Waals surface area contributed by atoms with Gasteiger partial charge in [0.25, 0.3) is 0 Å². The van der Waals surface area contributed by atoms with Gasteiger partial charge in [0.1, 0.15) is 17.9 Å². The standard InChI is InChI=1S/C25H29N3O3/c1-15-10-11-22(28(6)24(30)13-26-19(5)29)18(4)21(15)14-31-23-9-7-8-20-16(2)12-17(3)27-25(20)23/h7-12H,13-14H2,1-6H3,(H,26,29). The highest BCUT2D eigenvalue weighted by molar-refractivity contribution is 5.96. The maximum Gasteiger partial charge on any atom is 0.246 e. The number of pyridine rings is 1. The highest BCUT2D eigenvalue weighted by atomic mass is 16.5. The summed E-state index contributed by atoms with van der Waals surface area (Å²) in [6, 6.07) is 11.9. The van der Waals surface area contributed by atoms with E-state index < -0.39 is 0 Å². The summed E-state index contributed by atoms with van der Waals surface area (Å²) >= 11 is 0. The number of ether oxygens (including phenoxy) is 1. The zero-order valence-corrected chi connectivity index (χ0v) is 19.0. The quantitative estimate of drug-likeness (QED) is 0.652. The Balaban J connectivity index is 1.88. The summed E-state index contributed by atoms with van der Waals surface area (Å²) in [6.45, 7) is 9.80. The van der Waals surface area contributed by atoms with Gasteiger partial charge in [-0.1, -0.05) is 18.2 Å². The molecular weight excluding hydrogens is 390 g/mol. The van der Waals surface area contributed by atoms with E-state index >= 15 is 0 Å². The molecule has 3 rings (SSSR count). The molecule has 0 fully saturated rings. The minimum absolute atomic E-state index is 0.0363. The highest BCUT2D eigenvalue weighted by Gasteiger charge is 2.17. The van der Waals surface area contributed by atoms with Crippen molar-refractivity contribution in [2.45, 2.75) is 41.2 Å². The molecule has 0 radical (unpaired) electrons. The molecule has 0 aliphatic heterocycles. The highest BCUT2D eigenvalue weighted by Crippen LogP contribution is 2.30. The third-order valence-electron chi connectivity index (χ3n) is 5.54. The number of nitrogens with zero attached hydrogens (tertiary/aromatic N) is 2. The number of hydrogen-bond donors (Lipinski definition) is 1. The summed E-state index contributed by atoms with van der Waals surface area (Å²) in [4.78, 5) is 29.8. The Kier molecular flexibility index (Phi) is 6.59. The van der Waals surface area contributed by atoms with E-state index in [2.05, 4.69) is 29.4 Å². The first kappa shape index (κ1) is 22.3. The van der Waals surface area contributed by atoms with Crippen molar-refractivity contribution in [2.75, 3.05) is 18.5 Å². The fourth-order valence-corrected chi connectivity index (χ4v) is 3.74. The molecule has 0 unspecified atom stereocenters. The molecule has 0 bridgehead atoms. The van der Waals surface area contributed by atoms with E-state index in [0.717, 1.165) is 44.7 Å². The lowest BCUT2D eigenvalue weighted by Gasteiger charge is -2.23. The van der Waals surface area contributed by atoms with E-state index in [-0.39, 0.29) is 18.4 Å². The van der Waals surface area contributed by atoms with Crippen molar-refractivity contribution in [3.8, 4) is 5.75 Å². The number of carbonyl (C=O) groups excluding carboxylic acids is 2. The summed E-state index contributed by atoms with van der Waals surface area (Å²) in [5.74, 6) is 0.326. The lowest BCUT2D eigenvalue weighted by Crippen LogP contribution is -2.37. The number of rotatable bonds is 6. The SMILES string of the molecule is CC(=O)NCC(=O)N(C)c1ccc(C)c(COc2cccc3c(C)cc(C)nc23)c1C. The van der Waals surface area contributed by atoms with E-state index in [0.29, 0.717) is 6.61 Å². The maximum atomic E-state index is 12.5. The predicted molar refractivity (Wildman–Crippen MR) is 124 cm³/mol. The van der Waals surface area contributed by atoms with Crippen molar-refractivity contribution < 1.29 is 14.3 Å². The van der Waals surface area contributed by atoms with Gasteiger partial charge in [0, 0.05) is 30.7 Å². The van der Waals surface area contributed by atoms with Crippen molar-refractivity contribution in [3.63, 3.8) is 0 Å². The van der Waals surface area contributed by atoms with E-state index in [1.54, 1.807) is 11.9 Å². The van der Waals surface area contributed by atoms with Gasteiger partial charge in [0.15, 0.2) is 0 Å². The molecule has 0 aliphatic carbocycles. The molecule has 6 heteroatoms. The summed E-state index contributed by atoms with van der Waals surface area (Å²) in [7, 11) is 1.71. The Morgan fingerprint density at radius 3 is 2.52 bits per heavy atom. The maximum absolute atomic E-state index is 12.5. The Bertz CT molecular complexity index is 1150. The number of aryl methyl sites for hydroxylation is 3. The van der Waals surface area contributed by atoms with Crippen LogP contribution in [-0.4, -0.2) is 30.4 Å². The number of nitrogens with one attached hydrogen (secondary N) is 1. The molecule has 0 saturated carbocycles. The topological polar surface area (TPSA) is 71.5 Å². The van der Waals surface area contributed by atoms with Gasteiger partial charge in [-0.3, -0.25) is 9.59 Å². The number of benzene rings is 2. The molecular formula is C25H29N3O3. The van der Waals surface area contributed by atoms with Crippen molar-refractivity contribution in [3.05, 3.63) is 64.3 Å². The van der Waals surface area contributed by atoms with Gasteiger partial charge in [-0.05, 0) is 68.1 Å². The number of amides is 2. The minimum Gasteiger partial charge on any atom is -0.487 e. The second-order valence-corrected chi connectivity index (χ2v) is 7.89. The van der Waals surface area contributed by atoms with Crippen LogP contribution in [0.4, 0.5) is 5.69 Å². The van der Waals surface area contributed by atoms with Crippen molar-refractivity contribution >= 4 is 28.4 Å². The lowest BCUT2D eigenvalue weighted by atomic mass is 10.0. The molecule has 0 spiro atoms. The van der Waals surface area contributed by atoms with Gasteiger partial charge in [-0.25, -0.2) is 4.98 Å². The van der Waals surface area contributed by atoms with Gasteiger partial charge in [0.05, 0.1) is 6.54 Å². The minimum atomic E-state index is -0.231. The molecule has 1 N–H and O–H groups in total. The van der Waals surface area contributed by atoms with Crippen LogP contribution >= 0.6 is 0 Å². The van der Waals surface area contributed by atoms with Crippen LogP contribution in [0.25, 0.3) is 10.9 Å². The molecule has 6 nitrogen and oxygen atoms in total. The van der Waals surface area contributed by atoms with Crippen molar-refractivity contribution in [1.82, 2.24) is 10.3 Å². The normalized spacial score (nSPS) is 10.8. The summed E-state index contributed by atoms with van der Waals surface area (Å²) < 4.78 is 6.23. The Hall–Kier alpha value is -3.41. The second kappa shape index (κ2) is 9.16. The largest absolute Gasteiger partial charge is 0.487 e. The number of carbonyl (C=O) groups is 2. The average molecular weight is 420 g/mol. The van der Waals surface area contributed by atoms with E-state index in [4.69, 9.17) is 4.74 Å². The molecule has 3 aromatic rings. The van der Waals surface area contributed by atoms with Gasteiger partial charge < -0.3 is 15.0 Å². The van der Waals surface area contributed by atoms with Gasteiger partial charge in [-0.2, -0.15) is 0 Å². The molecule has 31 heavy (non-hydrogen) atoms. The van der Waals surface area contributed by atoms with Crippen molar-refractivity contribution in [1.29, 1.82) is 0 Å². The molecule has 162 valence electrons. The van der Waals surface area contributed by atoms with Crippen LogP contribution in [0.15, 0.2) is 36.4 Å². The molecule has 0 saturated heterocycles. The molecule has 0 aliphatic rings. The number of anilines is 1. The fourth-order valence-electron chi connectivity index (χ4n) is 3.74. The van der Waals surface area contributed by atoms with Crippen LogP contribution in [-0.2, 0) is 16.2 Å². The first-order valence-electron chi connectivity index (χ1n) is 10.3. The number of aromatic nitrogens is 1. The second-order valence-electron chi connectivity index (χ2n) is 7.89. The van der Waals surface area contributed by atoms with E-state index in [1.165, 1.54) is 12.5 Å². The molecule has 0 atom stereocenters. The van der Waals surface area contributed by atoms with Crippen LogP contribution in [0.5, 0.6) is 5.75 Å². The third kappa shape index (κ3) is 4.85. The number of likely N-dealkylation sites (N-methyl/N-ethyl adjacent to an activating group) is 1. The monoisotopic (exact) mass is 419 g/mol. The Morgan fingerprint density at radius 2 is 1.81 bits per heavy atom. The molecule has 1 heterocycles. The van der Waals surface area contributed by atoms with Crippen molar-refractivity contribution in [2.24, 2.45) is 0 Å².